The first-order valence-corrected chi connectivity index (χ1v) is 5.87. The van der Waals surface area contributed by atoms with E-state index in [0.717, 1.165) is 30.8 Å². The number of aromatic nitrogens is 2. The number of hydrogen-bond acceptors (Lipinski definition) is 4. The van der Waals surface area contributed by atoms with Gasteiger partial charge in [0.05, 0.1) is 12.0 Å². The molecule has 0 fully saturated rings. The number of nitrogens with zero attached hydrogens (tertiary/aromatic N) is 2. The first-order valence-electron chi connectivity index (χ1n) is 5.87. The number of furan rings is 1. The summed E-state index contributed by atoms with van der Waals surface area (Å²) < 4.78 is 5.30. The van der Waals surface area contributed by atoms with E-state index in [1.807, 2.05) is 24.3 Å². The molecule has 0 bridgehead atoms. The van der Waals surface area contributed by atoms with Gasteiger partial charge in [-0.3, -0.25) is 0 Å². The summed E-state index contributed by atoms with van der Waals surface area (Å²) in [4.78, 5) is 0. The molecule has 0 aliphatic heterocycles. The molecule has 1 unspecified atom stereocenters. The number of aryl methyl sites for hydroxylation is 1. The lowest BCUT2D eigenvalue weighted by Gasteiger charge is -2.12. The monoisotopic (exact) mass is 231 g/mol. The lowest BCUT2D eigenvalue weighted by molar-refractivity contribution is 0.457. The molecular weight excluding hydrogens is 214 g/mol. The summed E-state index contributed by atoms with van der Waals surface area (Å²) in [5.41, 5.74) is 0.970. The summed E-state index contributed by atoms with van der Waals surface area (Å²) in [6.45, 7) is 2.92. The largest absolute Gasteiger partial charge is 0.469 e. The van der Waals surface area contributed by atoms with Crippen LogP contribution in [-0.4, -0.2) is 16.2 Å². The summed E-state index contributed by atoms with van der Waals surface area (Å²) in [6.07, 6.45) is 5.41. The van der Waals surface area contributed by atoms with E-state index in [0.29, 0.717) is 6.04 Å². The second kappa shape index (κ2) is 6.15. The van der Waals surface area contributed by atoms with Gasteiger partial charge in [-0.15, -0.1) is 0 Å². The molecule has 0 aliphatic carbocycles. The third kappa shape index (κ3) is 4.00. The zero-order valence-electron chi connectivity index (χ0n) is 9.97. The molecule has 0 aliphatic rings. The first-order chi connectivity index (χ1) is 8.34. The van der Waals surface area contributed by atoms with E-state index < -0.39 is 0 Å². The van der Waals surface area contributed by atoms with Crippen LogP contribution in [0.3, 0.4) is 0 Å². The molecule has 2 heterocycles. The van der Waals surface area contributed by atoms with Gasteiger partial charge in [0.15, 0.2) is 0 Å². The Balaban J connectivity index is 1.69. The standard InChI is InChI=1S/C13H17N3O/c1-11(6-7-13-5-3-9-17-13)14-10-12-4-2-8-15-16-12/h2-5,8-9,11,14H,6-7,10H2,1H3. The molecule has 1 N–H and O–H groups in total. The summed E-state index contributed by atoms with van der Waals surface area (Å²) >= 11 is 0. The molecule has 0 radical (unpaired) electrons. The third-order valence-electron chi connectivity index (χ3n) is 2.66. The van der Waals surface area contributed by atoms with Crippen molar-refractivity contribution in [3.05, 3.63) is 48.2 Å². The third-order valence-corrected chi connectivity index (χ3v) is 2.66. The molecule has 90 valence electrons. The second-order valence-electron chi connectivity index (χ2n) is 4.11. The van der Waals surface area contributed by atoms with Crippen LogP contribution in [0.25, 0.3) is 0 Å². The van der Waals surface area contributed by atoms with Crippen molar-refractivity contribution in [2.75, 3.05) is 0 Å². The topological polar surface area (TPSA) is 51.0 Å². The fraction of sp³-hybridized carbons (Fsp3) is 0.385. The van der Waals surface area contributed by atoms with E-state index in [1.165, 1.54) is 0 Å². The molecule has 17 heavy (non-hydrogen) atoms. The van der Waals surface area contributed by atoms with Crippen LogP contribution < -0.4 is 5.32 Å². The molecule has 2 aromatic rings. The predicted octanol–water partition coefficient (Wildman–Crippen LogP) is 2.18. The molecule has 4 nitrogen and oxygen atoms in total. The normalized spacial score (nSPS) is 12.5. The molecule has 0 saturated carbocycles. The van der Waals surface area contributed by atoms with E-state index in [2.05, 4.69) is 22.4 Å². The molecule has 0 spiro atoms. The average Bonchev–Trinajstić information content (AvgIpc) is 2.88. The predicted molar refractivity (Wildman–Crippen MR) is 65.4 cm³/mol. The van der Waals surface area contributed by atoms with Gasteiger partial charge in [-0.25, -0.2) is 0 Å². The van der Waals surface area contributed by atoms with E-state index in [-0.39, 0.29) is 0 Å². The lowest BCUT2D eigenvalue weighted by atomic mass is 10.1. The molecule has 0 amide bonds. The minimum absolute atomic E-state index is 0.433. The number of rotatable bonds is 6. The molecule has 0 aromatic carbocycles. The molecule has 0 saturated heterocycles. The van der Waals surface area contributed by atoms with Crippen LogP contribution in [-0.2, 0) is 13.0 Å². The Kier molecular flexibility index (Phi) is 4.27. The average molecular weight is 231 g/mol. The van der Waals surface area contributed by atoms with Crippen LogP contribution in [0, 0.1) is 0 Å². The van der Waals surface area contributed by atoms with Crippen molar-refractivity contribution in [3.8, 4) is 0 Å². The van der Waals surface area contributed by atoms with E-state index in [1.54, 1.807) is 12.5 Å². The number of nitrogens with one attached hydrogen (secondary N) is 1. The van der Waals surface area contributed by atoms with Crippen molar-refractivity contribution in [1.29, 1.82) is 0 Å². The highest BCUT2D eigenvalue weighted by molar-refractivity contribution is 5.00. The van der Waals surface area contributed by atoms with Gasteiger partial charge in [0, 0.05) is 25.2 Å². The van der Waals surface area contributed by atoms with Crippen LogP contribution in [0.4, 0.5) is 0 Å². The van der Waals surface area contributed by atoms with Crippen LogP contribution in [0.5, 0.6) is 0 Å². The Morgan fingerprint density at radius 1 is 1.35 bits per heavy atom. The van der Waals surface area contributed by atoms with Gasteiger partial charge in [0.2, 0.25) is 0 Å². The smallest absolute Gasteiger partial charge is 0.103 e. The SMILES string of the molecule is CC(CCc1ccco1)NCc1cccnn1. The Morgan fingerprint density at radius 2 is 2.29 bits per heavy atom. The van der Waals surface area contributed by atoms with Crippen LogP contribution >= 0.6 is 0 Å². The van der Waals surface area contributed by atoms with Crippen molar-refractivity contribution < 1.29 is 4.42 Å². The van der Waals surface area contributed by atoms with Gasteiger partial charge in [0.1, 0.15) is 5.76 Å². The van der Waals surface area contributed by atoms with Gasteiger partial charge >= 0.3 is 0 Å². The summed E-state index contributed by atoms with van der Waals surface area (Å²) in [5.74, 6) is 1.04. The first kappa shape index (κ1) is 11.8. The van der Waals surface area contributed by atoms with Crippen molar-refractivity contribution in [1.82, 2.24) is 15.5 Å². The molecule has 4 heteroatoms. The van der Waals surface area contributed by atoms with Gasteiger partial charge in [0.25, 0.3) is 0 Å². The summed E-state index contributed by atoms with van der Waals surface area (Å²) in [7, 11) is 0. The maximum absolute atomic E-state index is 5.30. The van der Waals surface area contributed by atoms with Gasteiger partial charge in [-0.2, -0.15) is 10.2 Å². The van der Waals surface area contributed by atoms with Crippen molar-refractivity contribution in [2.45, 2.75) is 32.4 Å². The van der Waals surface area contributed by atoms with Crippen molar-refractivity contribution in [3.63, 3.8) is 0 Å². The lowest BCUT2D eigenvalue weighted by Crippen LogP contribution is -2.26. The minimum Gasteiger partial charge on any atom is -0.469 e. The van der Waals surface area contributed by atoms with Crippen LogP contribution in [0.15, 0.2) is 41.1 Å². The Bertz CT molecular complexity index is 413. The minimum atomic E-state index is 0.433. The quantitative estimate of drug-likeness (QED) is 0.828. The summed E-state index contributed by atoms with van der Waals surface area (Å²) in [6, 6.07) is 8.24. The van der Waals surface area contributed by atoms with Crippen molar-refractivity contribution in [2.24, 2.45) is 0 Å². The summed E-state index contributed by atoms with van der Waals surface area (Å²) in [5, 5.41) is 11.3. The van der Waals surface area contributed by atoms with Crippen LogP contribution in [0.2, 0.25) is 0 Å². The fourth-order valence-electron chi connectivity index (χ4n) is 1.62. The maximum atomic E-state index is 5.30. The Labute approximate surface area is 101 Å². The van der Waals surface area contributed by atoms with Crippen LogP contribution in [0.1, 0.15) is 24.8 Å². The van der Waals surface area contributed by atoms with E-state index >= 15 is 0 Å². The molecular formula is C13H17N3O. The molecule has 1 atom stereocenters. The van der Waals surface area contributed by atoms with Crippen molar-refractivity contribution >= 4 is 0 Å². The maximum Gasteiger partial charge on any atom is 0.103 e. The highest BCUT2D eigenvalue weighted by Gasteiger charge is 2.04. The Morgan fingerprint density at radius 3 is 3.00 bits per heavy atom. The molecule has 2 aromatic heterocycles. The van der Waals surface area contributed by atoms with Gasteiger partial charge in [-0.1, -0.05) is 0 Å². The zero-order valence-corrected chi connectivity index (χ0v) is 9.97. The molecule has 2 rings (SSSR count). The Hall–Kier alpha value is -1.68. The van der Waals surface area contributed by atoms with E-state index in [9.17, 15) is 0 Å². The van der Waals surface area contributed by atoms with E-state index in [4.69, 9.17) is 4.42 Å². The number of hydrogen-bond donors (Lipinski definition) is 1. The second-order valence-corrected chi connectivity index (χ2v) is 4.11. The fourth-order valence-corrected chi connectivity index (χ4v) is 1.62. The zero-order chi connectivity index (χ0) is 11.9. The van der Waals surface area contributed by atoms with Gasteiger partial charge < -0.3 is 9.73 Å². The van der Waals surface area contributed by atoms with Gasteiger partial charge in [-0.05, 0) is 37.6 Å². The highest BCUT2D eigenvalue weighted by Crippen LogP contribution is 2.06. The highest BCUT2D eigenvalue weighted by atomic mass is 16.3.